The van der Waals surface area contributed by atoms with Crippen LogP contribution in [-0.2, 0) is 16.1 Å². The van der Waals surface area contributed by atoms with Crippen molar-refractivity contribution in [3.8, 4) is 5.75 Å². The largest absolute Gasteiger partial charge is 0.403 e. The number of anilines is 1. The summed E-state index contributed by atoms with van der Waals surface area (Å²) in [6.45, 7) is 2.36. The van der Waals surface area contributed by atoms with E-state index in [0.717, 1.165) is 16.3 Å². The Labute approximate surface area is 114 Å². The molecule has 1 aromatic heterocycles. The minimum Gasteiger partial charge on any atom is -0.403 e. The molecule has 0 saturated carbocycles. The quantitative estimate of drug-likeness (QED) is 0.794. The van der Waals surface area contributed by atoms with E-state index in [-0.39, 0.29) is 11.8 Å². The fourth-order valence-electron chi connectivity index (χ4n) is 2.40. The first-order valence-corrected chi connectivity index (χ1v) is 7.00. The van der Waals surface area contributed by atoms with Gasteiger partial charge in [-0.1, -0.05) is 0 Å². The predicted molar refractivity (Wildman–Crippen MR) is 70.8 cm³/mol. The molecule has 2 amide bonds. The van der Waals surface area contributed by atoms with Crippen LogP contribution in [0.15, 0.2) is 5.38 Å². The highest BCUT2D eigenvalue weighted by molar-refractivity contribution is 7.14. The molecule has 19 heavy (non-hydrogen) atoms. The van der Waals surface area contributed by atoms with Crippen molar-refractivity contribution in [3.05, 3.63) is 10.9 Å². The Morgan fingerprint density at radius 3 is 3.00 bits per heavy atom. The second kappa shape index (κ2) is 4.21. The topological polar surface area (TPSA) is 70.7 Å². The third-order valence-electron chi connectivity index (χ3n) is 3.72. The zero-order valence-electron chi connectivity index (χ0n) is 10.8. The molecule has 0 unspecified atom stereocenters. The fourth-order valence-corrected chi connectivity index (χ4v) is 3.24. The highest BCUT2D eigenvalue weighted by atomic mass is 32.1. The summed E-state index contributed by atoms with van der Waals surface area (Å²) in [6, 6.07) is 0. The Kier molecular flexibility index (Phi) is 2.75. The van der Waals surface area contributed by atoms with Crippen LogP contribution in [0.2, 0.25) is 0 Å². The summed E-state index contributed by atoms with van der Waals surface area (Å²) in [5.41, 5.74) is 0.272. The number of hydrogen-bond donors (Lipinski definition) is 2. The van der Waals surface area contributed by atoms with Crippen molar-refractivity contribution in [1.29, 1.82) is 0 Å². The van der Waals surface area contributed by atoms with E-state index >= 15 is 0 Å². The highest BCUT2D eigenvalue weighted by Gasteiger charge is 2.48. The second-order valence-corrected chi connectivity index (χ2v) is 5.82. The highest BCUT2D eigenvalue weighted by Crippen LogP contribution is 2.43. The van der Waals surface area contributed by atoms with Crippen molar-refractivity contribution in [2.24, 2.45) is 0 Å². The number of imide groups is 1. The number of hydroxylamine groups is 2. The molecule has 7 heteroatoms. The van der Waals surface area contributed by atoms with Crippen molar-refractivity contribution < 1.29 is 14.4 Å². The first-order valence-electron chi connectivity index (χ1n) is 6.12. The number of nitrogens with one attached hydrogen (secondary N) is 2. The van der Waals surface area contributed by atoms with Crippen LogP contribution < -0.4 is 15.5 Å². The van der Waals surface area contributed by atoms with Crippen molar-refractivity contribution in [2.75, 3.05) is 12.4 Å². The zero-order chi connectivity index (χ0) is 13.6. The van der Waals surface area contributed by atoms with E-state index in [4.69, 9.17) is 4.84 Å². The van der Waals surface area contributed by atoms with Gasteiger partial charge in [-0.15, -0.1) is 16.4 Å². The van der Waals surface area contributed by atoms with Crippen LogP contribution in [0, 0.1) is 0 Å². The van der Waals surface area contributed by atoms with E-state index in [9.17, 15) is 9.59 Å². The van der Waals surface area contributed by atoms with Crippen molar-refractivity contribution >= 4 is 28.2 Å². The summed E-state index contributed by atoms with van der Waals surface area (Å²) < 4.78 is 0. The van der Waals surface area contributed by atoms with Gasteiger partial charge in [0.25, 0.3) is 0 Å². The van der Waals surface area contributed by atoms with E-state index in [2.05, 4.69) is 10.6 Å². The predicted octanol–water partition coefficient (Wildman–Crippen LogP) is 1.09. The molecule has 6 nitrogen and oxygen atoms in total. The Balaban J connectivity index is 1.84. The van der Waals surface area contributed by atoms with Gasteiger partial charge in [0.1, 0.15) is 5.54 Å². The van der Waals surface area contributed by atoms with E-state index in [1.165, 1.54) is 0 Å². The molecule has 1 atom stereocenters. The zero-order valence-corrected chi connectivity index (χ0v) is 11.6. The maximum Gasteiger partial charge on any atom is 0.250 e. The molecule has 0 aromatic carbocycles. The number of amides is 2. The van der Waals surface area contributed by atoms with E-state index in [1.54, 1.807) is 16.4 Å². The van der Waals surface area contributed by atoms with Crippen molar-refractivity contribution in [3.63, 3.8) is 0 Å². The summed E-state index contributed by atoms with van der Waals surface area (Å²) in [5.74, 6) is 0.288. The molecule has 3 heterocycles. The fraction of sp³-hybridized carbons (Fsp3) is 0.500. The number of rotatable bonds is 2. The van der Waals surface area contributed by atoms with E-state index in [0.29, 0.717) is 19.4 Å². The minimum absolute atomic E-state index is 0.216. The lowest BCUT2D eigenvalue weighted by Gasteiger charge is -2.37. The SMILES string of the molecule is CNc1scc2c1CN([C@]1(C)CCC(=O)NC1=O)O2. The van der Waals surface area contributed by atoms with E-state index < -0.39 is 5.54 Å². The average molecular weight is 281 g/mol. The Morgan fingerprint density at radius 2 is 2.32 bits per heavy atom. The van der Waals surface area contributed by atoms with Gasteiger partial charge in [0.2, 0.25) is 11.8 Å². The molecule has 1 saturated heterocycles. The number of thiophene rings is 1. The summed E-state index contributed by atoms with van der Waals surface area (Å²) in [4.78, 5) is 29.1. The molecule has 0 radical (unpaired) electrons. The Morgan fingerprint density at radius 1 is 1.53 bits per heavy atom. The van der Waals surface area contributed by atoms with Gasteiger partial charge in [-0.25, -0.2) is 0 Å². The summed E-state index contributed by atoms with van der Waals surface area (Å²) in [7, 11) is 1.86. The molecule has 0 bridgehead atoms. The molecule has 1 aromatic rings. The van der Waals surface area contributed by atoms with Crippen LogP contribution in [0.1, 0.15) is 25.3 Å². The Hall–Kier alpha value is -1.60. The average Bonchev–Trinajstić information content (AvgIpc) is 2.94. The summed E-state index contributed by atoms with van der Waals surface area (Å²) >= 11 is 1.58. The number of carbonyl (C=O) groups excluding carboxylic acids is 2. The summed E-state index contributed by atoms with van der Waals surface area (Å²) in [6.07, 6.45) is 0.814. The van der Waals surface area contributed by atoms with Crippen LogP contribution in [-0.4, -0.2) is 29.5 Å². The number of hydrogen-bond acceptors (Lipinski definition) is 6. The first kappa shape index (κ1) is 12.4. The molecule has 102 valence electrons. The molecule has 2 N–H and O–H groups in total. The van der Waals surface area contributed by atoms with Crippen molar-refractivity contribution in [2.45, 2.75) is 31.8 Å². The van der Waals surface area contributed by atoms with Gasteiger partial charge >= 0.3 is 0 Å². The van der Waals surface area contributed by atoms with Gasteiger partial charge in [0.05, 0.1) is 11.5 Å². The third kappa shape index (κ3) is 1.81. The maximum absolute atomic E-state index is 12.1. The van der Waals surface area contributed by atoms with Crippen LogP contribution in [0.5, 0.6) is 5.75 Å². The van der Waals surface area contributed by atoms with Gasteiger partial charge in [-0.2, -0.15) is 0 Å². The molecule has 0 aliphatic carbocycles. The Bertz CT molecular complexity index is 556. The molecule has 0 spiro atoms. The van der Waals surface area contributed by atoms with Crippen LogP contribution in [0.25, 0.3) is 0 Å². The molecule has 1 fully saturated rings. The lowest BCUT2D eigenvalue weighted by atomic mass is 9.90. The molecular formula is C12H15N3O3S. The van der Waals surface area contributed by atoms with Gasteiger partial charge in [-0.05, 0) is 13.3 Å². The monoisotopic (exact) mass is 281 g/mol. The van der Waals surface area contributed by atoms with Crippen LogP contribution in [0.3, 0.4) is 0 Å². The molecule has 2 aliphatic rings. The summed E-state index contributed by atoms with van der Waals surface area (Å²) in [5, 5.41) is 10.2. The van der Waals surface area contributed by atoms with Crippen molar-refractivity contribution in [1.82, 2.24) is 10.4 Å². The smallest absolute Gasteiger partial charge is 0.250 e. The molecule has 2 aliphatic heterocycles. The number of carbonyl (C=O) groups is 2. The number of nitrogens with zero attached hydrogens (tertiary/aromatic N) is 1. The van der Waals surface area contributed by atoms with Gasteiger partial charge in [-0.3, -0.25) is 14.9 Å². The lowest BCUT2D eigenvalue weighted by Crippen LogP contribution is -2.60. The van der Waals surface area contributed by atoms with E-state index in [1.807, 2.05) is 19.4 Å². The first-order chi connectivity index (χ1) is 9.04. The third-order valence-corrected chi connectivity index (χ3v) is 4.74. The molecular weight excluding hydrogens is 266 g/mol. The van der Waals surface area contributed by atoms with Crippen LogP contribution in [0.4, 0.5) is 5.00 Å². The number of fused-ring (bicyclic) bond motifs is 1. The van der Waals surface area contributed by atoms with Gasteiger partial charge in [0.15, 0.2) is 5.75 Å². The normalized spacial score (nSPS) is 26.8. The van der Waals surface area contributed by atoms with Crippen LogP contribution >= 0.6 is 11.3 Å². The van der Waals surface area contributed by atoms with Gasteiger partial charge in [0, 0.05) is 24.4 Å². The number of piperidine rings is 1. The second-order valence-electron chi connectivity index (χ2n) is 4.94. The van der Waals surface area contributed by atoms with Gasteiger partial charge < -0.3 is 10.2 Å². The standard InChI is InChI=1S/C12H15N3O3S/c1-12(4-3-9(16)14-11(12)17)15-5-7-8(18-15)6-19-10(7)13-2/h6,13H,3-5H2,1-2H3,(H,14,16,17)/t12-/m1/s1. The minimum atomic E-state index is -0.796. The lowest BCUT2D eigenvalue weighted by molar-refractivity contribution is -0.169. The molecule has 3 rings (SSSR count). The maximum atomic E-state index is 12.1.